The highest BCUT2D eigenvalue weighted by atomic mass is 16.1. The number of carbonyl (C=O) groups is 1. The molecule has 0 saturated carbocycles. The van der Waals surface area contributed by atoms with Crippen LogP contribution in [-0.4, -0.2) is 10.9 Å². The van der Waals surface area contributed by atoms with Crippen LogP contribution in [0.15, 0.2) is 48.8 Å². The van der Waals surface area contributed by atoms with Crippen molar-refractivity contribution >= 4 is 11.6 Å². The zero-order chi connectivity index (χ0) is 12.8. The number of amides is 1. The number of nitrogens with zero attached hydrogens (tertiary/aromatic N) is 1. The standard InChI is InChI=1S/C15H16N2O/c1-2-4-12-6-8-14(9-7-12)17-15(18)13-5-3-10-16-11-13/h3,5-11H,2,4H2,1H3,(H,17,18). The third-order valence-electron chi connectivity index (χ3n) is 2.67. The molecule has 1 heterocycles. The Morgan fingerprint density at radius 2 is 2.00 bits per heavy atom. The lowest BCUT2D eigenvalue weighted by molar-refractivity contribution is 0.102. The van der Waals surface area contributed by atoms with Crippen LogP contribution in [0.5, 0.6) is 0 Å². The van der Waals surface area contributed by atoms with Crippen molar-refractivity contribution in [2.75, 3.05) is 5.32 Å². The molecule has 0 saturated heterocycles. The van der Waals surface area contributed by atoms with Gasteiger partial charge in [0.2, 0.25) is 0 Å². The van der Waals surface area contributed by atoms with Gasteiger partial charge in [-0.1, -0.05) is 25.5 Å². The summed E-state index contributed by atoms with van der Waals surface area (Å²) in [6.07, 6.45) is 5.40. The second kappa shape index (κ2) is 5.96. The molecule has 2 rings (SSSR count). The maximum Gasteiger partial charge on any atom is 0.257 e. The van der Waals surface area contributed by atoms with E-state index in [0.717, 1.165) is 18.5 Å². The minimum atomic E-state index is -0.133. The third-order valence-corrected chi connectivity index (χ3v) is 2.67. The second-order valence-electron chi connectivity index (χ2n) is 4.14. The van der Waals surface area contributed by atoms with Crippen molar-refractivity contribution in [1.82, 2.24) is 4.98 Å². The summed E-state index contributed by atoms with van der Waals surface area (Å²) in [5, 5.41) is 2.85. The molecule has 1 N–H and O–H groups in total. The topological polar surface area (TPSA) is 42.0 Å². The molecular formula is C15H16N2O. The van der Waals surface area contributed by atoms with Crippen molar-refractivity contribution in [2.45, 2.75) is 19.8 Å². The molecule has 0 aliphatic carbocycles. The highest BCUT2D eigenvalue weighted by molar-refractivity contribution is 6.03. The first-order valence-corrected chi connectivity index (χ1v) is 6.10. The van der Waals surface area contributed by atoms with Gasteiger partial charge in [0.15, 0.2) is 0 Å². The van der Waals surface area contributed by atoms with Gasteiger partial charge in [-0.25, -0.2) is 0 Å². The van der Waals surface area contributed by atoms with Crippen molar-refractivity contribution < 1.29 is 4.79 Å². The monoisotopic (exact) mass is 240 g/mol. The highest BCUT2D eigenvalue weighted by Crippen LogP contribution is 2.12. The van der Waals surface area contributed by atoms with Crippen LogP contribution < -0.4 is 5.32 Å². The molecule has 1 aromatic heterocycles. The van der Waals surface area contributed by atoms with Crippen LogP contribution in [0.4, 0.5) is 5.69 Å². The Bertz CT molecular complexity index is 506. The van der Waals surface area contributed by atoms with Crippen LogP contribution in [0, 0.1) is 0 Å². The van der Waals surface area contributed by atoms with E-state index in [0.29, 0.717) is 5.56 Å². The molecule has 18 heavy (non-hydrogen) atoms. The molecule has 1 amide bonds. The van der Waals surface area contributed by atoms with Gasteiger partial charge < -0.3 is 5.32 Å². The fourth-order valence-electron chi connectivity index (χ4n) is 1.74. The van der Waals surface area contributed by atoms with Gasteiger partial charge in [0.25, 0.3) is 5.91 Å². The molecule has 0 bridgehead atoms. The maximum atomic E-state index is 11.9. The number of anilines is 1. The number of aromatic nitrogens is 1. The average Bonchev–Trinajstić information content (AvgIpc) is 2.42. The predicted octanol–water partition coefficient (Wildman–Crippen LogP) is 3.29. The lowest BCUT2D eigenvalue weighted by Crippen LogP contribution is -2.11. The summed E-state index contributed by atoms with van der Waals surface area (Å²) in [6.45, 7) is 2.15. The van der Waals surface area contributed by atoms with Crippen LogP contribution in [0.3, 0.4) is 0 Å². The van der Waals surface area contributed by atoms with Gasteiger partial charge in [-0.15, -0.1) is 0 Å². The Hall–Kier alpha value is -2.16. The minimum Gasteiger partial charge on any atom is -0.322 e. The van der Waals surface area contributed by atoms with Gasteiger partial charge in [-0.05, 0) is 36.2 Å². The van der Waals surface area contributed by atoms with E-state index in [4.69, 9.17) is 0 Å². The molecule has 2 aromatic rings. The fraction of sp³-hybridized carbons (Fsp3) is 0.200. The SMILES string of the molecule is CCCc1ccc(NC(=O)c2cccnc2)cc1. The average molecular weight is 240 g/mol. The van der Waals surface area contributed by atoms with Gasteiger partial charge in [0, 0.05) is 18.1 Å². The summed E-state index contributed by atoms with van der Waals surface area (Å²) in [5.74, 6) is -0.133. The summed E-state index contributed by atoms with van der Waals surface area (Å²) in [4.78, 5) is 15.8. The zero-order valence-corrected chi connectivity index (χ0v) is 10.4. The van der Waals surface area contributed by atoms with Crippen LogP contribution in [0.1, 0.15) is 29.3 Å². The third kappa shape index (κ3) is 3.17. The normalized spacial score (nSPS) is 10.1. The van der Waals surface area contributed by atoms with E-state index in [1.165, 1.54) is 5.56 Å². The predicted molar refractivity (Wildman–Crippen MR) is 72.6 cm³/mol. The quantitative estimate of drug-likeness (QED) is 0.891. The number of hydrogen-bond acceptors (Lipinski definition) is 2. The largest absolute Gasteiger partial charge is 0.322 e. The Morgan fingerprint density at radius 1 is 1.22 bits per heavy atom. The number of benzene rings is 1. The number of aryl methyl sites for hydroxylation is 1. The summed E-state index contributed by atoms with van der Waals surface area (Å²) in [5.41, 5.74) is 2.66. The molecule has 1 aromatic carbocycles. The highest BCUT2D eigenvalue weighted by Gasteiger charge is 2.05. The molecule has 3 nitrogen and oxygen atoms in total. The first-order valence-electron chi connectivity index (χ1n) is 6.10. The van der Waals surface area contributed by atoms with E-state index in [1.54, 1.807) is 24.5 Å². The molecule has 0 unspecified atom stereocenters. The van der Waals surface area contributed by atoms with Gasteiger partial charge in [-0.3, -0.25) is 9.78 Å². The van der Waals surface area contributed by atoms with Gasteiger partial charge in [0.1, 0.15) is 0 Å². The molecule has 0 fully saturated rings. The molecule has 0 spiro atoms. The lowest BCUT2D eigenvalue weighted by Gasteiger charge is -2.06. The van der Waals surface area contributed by atoms with E-state index in [1.807, 2.05) is 24.3 Å². The van der Waals surface area contributed by atoms with E-state index in [9.17, 15) is 4.79 Å². The Kier molecular flexibility index (Phi) is 4.07. The van der Waals surface area contributed by atoms with Crippen LogP contribution >= 0.6 is 0 Å². The molecule has 92 valence electrons. The fourth-order valence-corrected chi connectivity index (χ4v) is 1.74. The number of carbonyl (C=O) groups excluding carboxylic acids is 1. The Labute approximate surface area is 107 Å². The molecule has 0 aliphatic heterocycles. The Morgan fingerprint density at radius 3 is 2.61 bits per heavy atom. The summed E-state index contributed by atoms with van der Waals surface area (Å²) < 4.78 is 0. The first kappa shape index (κ1) is 12.3. The van der Waals surface area contributed by atoms with Crippen molar-refractivity contribution in [3.63, 3.8) is 0 Å². The molecule has 0 aliphatic rings. The lowest BCUT2D eigenvalue weighted by atomic mass is 10.1. The maximum absolute atomic E-state index is 11.9. The number of nitrogens with one attached hydrogen (secondary N) is 1. The van der Waals surface area contributed by atoms with Gasteiger partial charge >= 0.3 is 0 Å². The van der Waals surface area contributed by atoms with E-state index < -0.39 is 0 Å². The van der Waals surface area contributed by atoms with Crippen molar-refractivity contribution in [1.29, 1.82) is 0 Å². The molecule has 0 atom stereocenters. The van der Waals surface area contributed by atoms with E-state index >= 15 is 0 Å². The van der Waals surface area contributed by atoms with Crippen molar-refractivity contribution in [3.8, 4) is 0 Å². The van der Waals surface area contributed by atoms with Crippen molar-refractivity contribution in [2.24, 2.45) is 0 Å². The molecule has 3 heteroatoms. The first-order chi connectivity index (χ1) is 8.79. The second-order valence-corrected chi connectivity index (χ2v) is 4.14. The Balaban J connectivity index is 2.03. The van der Waals surface area contributed by atoms with Crippen LogP contribution in [-0.2, 0) is 6.42 Å². The van der Waals surface area contributed by atoms with Crippen molar-refractivity contribution in [3.05, 3.63) is 59.9 Å². The smallest absolute Gasteiger partial charge is 0.257 e. The van der Waals surface area contributed by atoms with Crippen LogP contribution in [0.2, 0.25) is 0 Å². The van der Waals surface area contributed by atoms with Crippen LogP contribution in [0.25, 0.3) is 0 Å². The van der Waals surface area contributed by atoms with Gasteiger partial charge in [0.05, 0.1) is 5.56 Å². The zero-order valence-electron chi connectivity index (χ0n) is 10.4. The molecule has 0 radical (unpaired) electrons. The summed E-state index contributed by atoms with van der Waals surface area (Å²) in [6, 6.07) is 11.4. The number of rotatable bonds is 4. The number of pyridine rings is 1. The summed E-state index contributed by atoms with van der Waals surface area (Å²) >= 11 is 0. The van der Waals surface area contributed by atoms with E-state index in [-0.39, 0.29) is 5.91 Å². The minimum absolute atomic E-state index is 0.133. The molecular weight excluding hydrogens is 224 g/mol. The summed E-state index contributed by atoms with van der Waals surface area (Å²) in [7, 11) is 0. The number of hydrogen-bond donors (Lipinski definition) is 1. The van der Waals surface area contributed by atoms with E-state index in [2.05, 4.69) is 17.2 Å². The van der Waals surface area contributed by atoms with Gasteiger partial charge in [-0.2, -0.15) is 0 Å².